The van der Waals surface area contributed by atoms with E-state index in [4.69, 9.17) is 5.10 Å². The minimum Gasteiger partial charge on any atom is -0.370 e. The monoisotopic (exact) mass is 285 g/mol. The summed E-state index contributed by atoms with van der Waals surface area (Å²) in [5.74, 6) is 2.50. The molecular formula is C17H20FN3. The highest BCUT2D eigenvalue weighted by molar-refractivity contribution is 5.44. The van der Waals surface area contributed by atoms with Crippen LogP contribution in [0.1, 0.15) is 43.5 Å². The van der Waals surface area contributed by atoms with Gasteiger partial charge in [0, 0.05) is 30.0 Å². The van der Waals surface area contributed by atoms with Crippen molar-refractivity contribution in [1.82, 2.24) is 9.78 Å². The number of hydrogen-bond acceptors (Lipinski definition) is 2. The molecule has 0 bridgehead atoms. The van der Waals surface area contributed by atoms with Gasteiger partial charge in [-0.3, -0.25) is 0 Å². The van der Waals surface area contributed by atoms with E-state index in [0.29, 0.717) is 11.8 Å². The standard InChI is InChI=1S/C17H20FN3/c1-10-7-13(10)15-8-16-19-9-11(2)17(21(16)20-15)12-5-3-4-6-14(12)18/h3-6,8,10-11,13,17,19H,7,9H2,1-2H3. The Morgan fingerprint density at radius 1 is 1.24 bits per heavy atom. The van der Waals surface area contributed by atoms with Crippen molar-refractivity contribution in [3.05, 3.63) is 47.4 Å². The molecule has 1 fully saturated rings. The van der Waals surface area contributed by atoms with E-state index >= 15 is 0 Å². The smallest absolute Gasteiger partial charge is 0.128 e. The third-order valence-corrected chi connectivity index (χ3v) is 4.88. The summed E-state index contributed by atoms with van der Waals surface area (Å²) in [6.45, 7) is 5.26. The molecule has 4 atom stereocenters. The Kier molecular flexibility index (Phi) is 2.81. The number of aromatic nitrogens is 2. The van der Waals surface area contributed by atoms with Gasteiger partial charge in [-0.1, -0.05) is 32.0 Å². The van der Waals surface area contributed by atoms with Gasteiger partial charge in [0.25, 0.3) is 0 Å². The number of fused-ring (bicyclic) bond motifs is 1. The van der Waals surface area contributed by atoms with Crippen LogP contribution in [0.5, 0.6) is 0 Å². The highest BCUT2D eigenvalue weighted by atomic mass is 19.1. The van der Waals surface area contributed by atoms with Crippen LogP contribution in [-0.4, -0.2) is 16.3 Å². The van der Waals surface area contributed by atoms with Gasteiger partial charge in [-0.15, -0.1) is 0 Å². The summed E-state index contributed by atoms with van der Waals surface area (Å²) in [7, 11) is 0. The van der Waals surface area contributed by atoms with Crippen LogP contribution in [0.2, 0.25) is 0 Å². The summed E-state index contributed by atoms with van der Waals surface area (Å²) in [6.07, 6.45) is 1.22. The highest BCUT2D eigenvalue weighted by Crippen LogP contribution is 2.48. The van der Waals surface area contributed by atoms with E-state index in [-0.39, 0.29) is 11.9 Å². The van der Waals surface area contributed by atoms with Gasteiger partial charge in [0.15, 0.2) is 0 Å². The maximum Gasteiger partial charge on any atom is 0.128 e. The van der Waals surface area contributed by atoms with Crippen LogP contribution in [0, 0.1) is 17.7 Å². The molecule has 0 radical (unpaired) electrons. The number of nitrogens with zero attached hydrogens (tertiary/aromatic N) is 2. The van der Waals surface area contributed by atoms with Crippen molar-refractivity contribution in [2.75, 3.05) is 11.9 Å². The lowest BCUT2D eigenvalue weighted by molar-refractivity contribution is 0.359. The molecule has 21 heavy (non-hydrogen) atoms. The molecule has 2 aromatic rings. The Balaban J connectivity index is 1.78. The molecule has 1 aromatic heterocycles. The minimum atomic E-state index is -0.140. The molecule has 0 saturated heterocycles. The van der Waals surface area contributed by atoms with E-state index in [0.717, 1.165) is 29.5 Å². The largest absolute Gasteiger partial charge is 0.370 e. The molecule has 4 unspecified atom stereocenters. The first-order chi connectivity index (χ1) is 10.1. The van der Waals surface area contributed by atoms with Crippen LogP contribution >= 0.6 is 0 Å². The van der Waals surface area contributed by atoms with Crippen molar-refractivity contribution in [2.24, 2.45) is 11.8 Å². The fourth-order valence-electron chi connectivity index (χ4n) is 3.44. The van der Waals surface area contributed by atoms with E-state index in [1.807, 2.05) is 16.8 Å². The number of nitrogens with one attached hydrogen (secondary N) is 1. The van der Waals surface area contributed by atoms with Gasteiger partial charge in [-0.2, -0.15) is 5.10 Å². The lowest BCUT2D eigenvalue weighted by Crippen LogP contribution is -2.32. The van der Waals surface area contributed by atoms with Crippen LogP contribution in [0.15, 0.2) is 30.3 Å². The summed E-state index contributed by atoms with van der Waals surface area (Å²) in [5.41, 5.74) is 1.90. The second-order valence-corrected chi connectivity index (χ2v) is 6.54. The summed E-state index contributed by atoms with van der Waals surface area (Å²) in [6, 6.07) is 9.19. The molecular weight excluding hydrogens is 265 g/mol. The first kappa shape index (κ1) is 12.9. The Hall–Kier alpha value is -1.84. The third-order valence-electron chi connectivity index (χ3n) is 4.88. The molecule has 0 amide bonds. The molecule has 4 rings (SSSR count). The molecule has 1 aliphatic heterocycles. The number of rotatable bonds is 2. The number of halogens is 1. The predicted octanol–water partition coefficient (Wildman–Crippen LogP) is 3.80. The molecule has 1 aliphatic carbocycles. The minimum absolute atomic E-state index is 0.0229. The SMILES string of the molecule is CC1CC1c1cc2n(n1)C(c1ccccc1F)C(C)CN2. The second kappa shape index (κ2) is 4.58. The third kappa shape index (κ3) is 2.04. The molecule has 0 spiro atoms. The fourth-order valence-corrected chi connectivity index (χ4v) is 3.44. The quantitative estimate of drug-likeness (QED) is 0.909. The summed E-state index contributed by atoms with van der Waals surface area (Å²) >= 11 is 0. The molecule has 2 aliphatic rings. The zero-order valence-electron chi connectivity index (χ0n) is 12.4. The molecule has 4 heteroatoms. The van der Waals surface area contributed by atoms with Crippen LogP contribution in [0.4, 0.5) is 10.2 Å². The first-order valence-corrected chi connectivity index (χ1v) is 7.73. The molecule has 1 N–H and O–H groups in total. The molecule has 2 heterocycles. The van der Waals surface area contributed by atoms with E-state index in [1.54, 1.807) is 6.07 Å². The zero-order chi connectivity index (χ0) is 14.6. The van der Waals surface area contributed by atoms with E-state index in [9.17, 15) is 4.39 Å². The Morgan fingerprint density at radius 3 is 2.71 bits per heavy atom. The average molecular weight is 285 g/mol. The predicted molar refractivity (Wildman–Crippen MR) is 80.9 cm³/mol. The Bertz CT molecular complexity index is 678. The number of benzene rings is 1. The maximum atomic E-state index is 14.2. The first-order valence-electron chi connectivity index (χ1n) is 7.73. The van der Waals surface area contributed by atoms with Crippen molar-refractivity contribution in [3.8, 4) is 0 Å². The molecule has 1 saturated carbocycles. The lowest BCUT2D eigenvalue weighted by Gasteiger charge is -2.32. The maximum absolute atomic E-state index is 14.2. The second-order valence-electron chi connectivity index (χ2n) is 6.54. The van der Waals surface area contributed by atoms with Gasteiger partial charge in [0.2, 0.25) is 0 Å². The van der Waals surface area contributed by atoms with Crippen molar-refractivity contribution in [2.45, 2.75) is 32.2 Å². The van der Waals surface area contributed by atoms with E-state index in [1.165, 1.54) is 12.5 Å². The Labute approximate surface area is 124 Å². The van der Waals surface area contributed by atoms with Gasteiger partial charge in [-0.25, -0.2) is 9.07 Å². The molecule has 110 valence electrons. The van der Waals surface area contributed by atoms with Crippen molar-refractivity contribution >= 4 is 5.82 Å². The van der Waals surface area contributed by atoms with E-state index in [2.05, 4.69) is 25.2 Å². The summed E-state index contributed by atoms with van der Waals surface area (Å²) in [4.78, 5) is 0. The fraction of sp³-hybridized carbons (Fsp3) is 0.471. The molecule has 3 nitrogen and oxygen atoms in total. The highest BCUT2D eigenvalue weighted by Gasteiger charge is 2.38. The summed E-state index contributed by atoms with van der Waals surface area (Å²) in [5, 5.41) is 8.23. The van der Waals surface area contributed by atoms with E-state index < -0.39 is 0 Å². The van der Waals surface area contributed by atoms with Gasteiger partial charge < -0.3 is 5.32 Å². The van der Waals surface area contributed by atoms with Crippen LogP contribution in [-0.2, 0) is 0 Å². The van der Waals surface area contributed by atoms with Crippen LogP contribution in [0.3, 0.4) is 0 Å². The van der Waals surface area contributed by atoms with Crippen LogP contribution in [0.25, 0.3) is 0 Å². The number of anilines is 1. The van der Waals surface area contributed by atoms with Gasteiger partial charge in [0.1, 0.15) is 11.6 Å². The van der Waals surface area contributed by atoms with Gasteiger partial charge in [0.05, 0.1) is 11.7 Å². The lowest BCUT2D eigenvalue weighted by atomic mass is 9.92. The van der Waals surface area contributed by atoms with Crippen molar-refractivity contribution < 1.29 is 4.39 Å². The number of hydrogen-bond donors (Lipinski definition) is 1. The normalized spacial score (nSPS) is 30.6. The summed E-state index contributed by atoms with van der Waals surface area (Å²) < 4.78 is 16.2. The Morgan fingerprint density at radius 2 is 2.00 bits per heavy atom. The van der Waals surface area contributed by atoms with Crippen molar-refractivity contribution in [1.29, 1.82) is 0 Å². The average Bonchev–Trinajstić information content (AvgIpc) is 3.04. The van der Waals surface area contributed by atoms with Crippen molar-refractivity contribution in [3.63, 3.8) is 0 Å². The van der Waals surface area contributed by atoms with Crippen LogP contribution < -0.4 is 5.32 Å². The zero-order valence-corrected chi connectivity index (χ0v) is 12.4. The molecule has 1 aromatic carbocycles. The van der Waals surface area contributed by atoms with Gasteiger partial charge in [-0.05, 0) is 18.4 Å². The van der Waals surface area contributed by atoms with Gasteiger partial charge >= 0.3 is 0 Å². The topological polar surface area (TPSA) is 29.9 Å².